The van der Waals surface area contributed by atoms with E-state index in [2.05, 4.69) is 0 Å². The summed E-state index contributed by atoms with van der Waals surface area (Å²) in [6.45, 7) is 6.83. The molecule has 1 N–H and O–H groups in total. The van der Waals surface area contributed by atoms with Crippen LogP contribution < -0.4 is 0 Å². The molecule has 0 atom stereocenters. The van der Waals surface area contributed by atoms with Gasteiger partial charge in [0.25, 0.3) is 0 Å². The maximum Gasteiger partial charge on any atom is 0.410 e. The number of carboxylic acid groups (broad SMARTS) is 1. The molecule has 2 aliphatic rings. The minimum atomic E-state index is -0.788. The van der Waals surface area contributed by atoms with Gasteiger partial charge in [0.2, 0.25) is 0 Å². The maximum atomic E-state index is 12.0. The minimum Gasteiger partial charge on any atom is -0.481 e. The fourth-order valence-electron chi connectivity index (χ4n) is 2.59. The summed E-state index contributed by atoms with van der Waals surface area (Å²) in [6, 6.07) is 0. The van der Waals surface area contributed by atoms with Crippen LogP contribution in [0.15, 0.2) is 0 Å². The zero-order valence-electron chi connectivity index (χ0n) is 11.6. The molecule has 0 bridgehead atoms. The van der Waals surface area contributed by atoms with Gasteiger partial charge in [-0.15, -0.1) is 0 Å². The molecule has 1 heterocycles. The summed E-state index contributed by atoms with van der Waals surface area (Å²) in [6.07, 6.45) is 0.595. The number of aliphatic carboxylic acids is 1. The standard InChI is InChI=1S/C13H21NO5/c1-12(2,3)19-11(17)14-4-5-18-13(8-14)6-9(7-13)10(15)16/h9H,4-8H2,1-3H3,(H,15,16). The van der Waals surface area contributed by atoms with Crippen molar-refractivity contribution in [1.82, 2.24) is 4.90 Å². The minimum absolute atomic E-state index is 0.349. The van der Waals surface area contributed by atoms with E-state index in [1.807, 2.05) is 20.8 Å². The number of carbonyl (C=O) groups excluding carboxylic acids is 1. The molecule has 1 aliphatic heterocycles. The van der Waals surface area contributed by atoms with Gasteiger partial charge in [0, 0.05) is 6.54 Å². The molecule has 2 rings (SSSR count). The van der Waals surface area contributed by atoms with Crippen molar-refractivity contribution in [2.24, 2.45) is 5.92 Å². The van der Waals surface area contributed by atoms with E-state index in [1.165, 1.54) is 0 Å². The highest BCUT2D eigenvalue weighted by atomic mass is 16.6. The number of hydrogen-bond donors (Lipinski definition) is 1. The number of carboxylic acids is 1. The van der Waals surface area contributed by atoms with Crippen molar-refractivity contribution in [2.75, 3.05) is 19.7 Å². The van der Waals surface area contributed by atoms with Gasteiger partial charge in [0.1, 0.15) is 5.60 Å². The Morgan fingerprint density at radius 2 is 2.00 bits per heavy atom. The molecule has 1 saturated carbocycles. The van der Waals surface area contributed by atoms with E-state index in [0.29, 0.717) is 32.5 Å². The van der Waals surface area contributed by atoms with Crippen molar-refractivity contribution < 1.29 is 24.2 Å². The van der Waals surface area contributed by atoms with Crippen molar-refractivity contribution in [3.63, 3.8) is 0 Å². The monoisotopic (exact) mass is 271 g/mol. The maximum absolute atomic E-state index is 12.0. The van der Waals surface area contributed by atoms with Gasteiger partial charge in [-0.05, 0) is 33.6 Å². The van der Waals surface area contributed by atoms with Crippen LogP contribution in [0.5, 0.6) is 0 Å². The largest absolute Gasteiger partial charge is 0.481 e. The molecule has 1 spiro atoms. The molecule has 0 aromatic rings. The Labute approximate surface area is 112 Å². The predicted octanol–water partition coefficient (Wildman–Crippen LogP) is 1.49. The molecular formula is C13H21NO5. The van der Waals surface area contributed by atoms with Crippen molar-refractivity contribution in [3.05, 3.63) is 0 Å². The second-order valence-corrected chi connectivity index (χ2v) is 6.38. The van der Waals surface area contributed by atoms with Gasteiger partial charge in [0.15, 0.2) is 0 Å². The SMILES string of the molecule is CC(C)(C)OC(=O)N1CCOC2(CC(C(=O)O)C2)C1. The smallest absolute Gasteiger partial charge is 0.410 e. The van der Waals surface area contributed by atoms with Gasteiger partial charge in [-0.25, -0.2) is 4.79 Å². The highest BCUT2D eigenvalue weighted by Crippen LogP contribution is 2.43. The molecule has 19 heavy (non-hydrogen) atoms. The highest BCUT2D eigenvalue weighted by molar-refractivity contribution is 5.72. The first-order valence-corrected chi connectivity index (χ1v) is 6.55. The number of rotatable bonds is 1. The summed E-state index contributed by atoms with van der Waals surface area (Å²) < 4.78 is 11.0. The normalized spacial score (nSPS) is 30.9. The first kappa shape index (κ1) is 14.1. The summed E-state index contributed by atoms with van der Waals surface area (Å²) in [4.78, 5) is 24.5. The zero-order chi connectivity index (χ0) is 14.3. The van der Waals surface area contributed by atoms with Gasteiger partial charge in [0.05, 0.1) is 24.7 Å². The highest BCUT2D eigenvalue weighted by Gasteiger charge is 2.52. The number of ether oxygens (including phenoxy) is 2. The zero-order valence-corrected chi connectivity index (χ0v) is 11.6. The lowest BCUT2D eigenvalue weighted by atomic mass is 9.70. The molecule has 0 unspecified atom stereocenters. The van der Waals surface area contributed by atoms with Gasteiger partial charge >= 0.3 is 12.1 Å². The summed E-state index contributed by atoms with van der Waals surface area (Å²) in [5.41, 5.74) is -0.996. The van der Waals surface area contributed by atoms with E-state index >= 15 is 0 Å². The third kappa shape index (κ3) is 3.18. The van der Waals surface area contributed by atoms with Crippen LogP contribution >= 0.6 is 0 Å². The van der Waals surface area contributed by atoms with Gasteiger partial charge < -0.3 is 19.5 Å². The molecule has 0 aromatic carbocycles. The summed E-state index contributed by atoms with van der Waals surface area (Å²) in [7, 11) is 0. The molecule has 0 radical (unpaired) electrons. The van der Waals surface area contributed by atoms with Crippen LogP contribution in [-0.2, 0) is 14.3 Å². The third-order valence-corrected chi connectivity index (χ3v) is 3.49. The lowest BCUT2D eigenvalue weighted by Crippen LogP contribution is -2.61. The summed E-state index contributed by atoms with van der Waals surface area (Å²) >= 11 is 0. The van der Waals surface area contributed by atoms with Crippen LogP contribution in [-0.4, -0.2) is 53.0 Å². The van der Waals surface area contributed by atoms with Crippen LogP contribution in [0.1, 0.15) is 33.6 Å². The molecule has 0 aromatic heterocycles. The Hall–Kier alpha value is -1.30. The van der Waals surface area contributed by atoms with Gasteiger partial charge in [-0.3, -0.25) is 4.79 Å². The molecule has 6 nitrogen and oxygen atoms in total. The van der Waals surface area contributed by atoms with Crippen LogP contribution in [0.25, 0.3) is 0 Å². The first-order chi connectivity index (χ1) is 8.71. The van der Waals surface area contributed by atoms with Crippen molar-refractivity contribution in [1.29, 1.82) is 0 Å². The molecule has 108 valence electrons. The third-order valence-electron chi connectivity index (χ3n) is 3.49. The fourth-order valence-corrected chi connectivity index (χ4v) is 2.59. The van der Waals surface area contributed by atoms with E-state index in [9.17, 15) is 9.59 Å². The number of hydrogen-bond acceptors (Lipinski definition) is 4. The van der Waals surface area contributed by atoms with Crippen molar-refractivity contribution in [3.8, 4) is 0 Å². The summed E-state index contributed by atoms with van der Waals surface area (Å²) in [5, 5.41) is 8.91. The lowest BCUT2D eigenvalue weighted by Gasteiger charge is -2.50. The molecule has 1 amide bonds. The number of carbonyl (C=O) groups is 2. The number of nitrogens with zero attached hydrogens (tertiary/aromatic N) is 1. The predicted molar refractivity (Wildman–Crippen MR) is 66.8 cm³/mol. The molecule has 1 aliphatic carbocycles. The average molecular weight is 271 g/mol. The average Bonchev–Trinajstić information content (AvgIpc) is 2.23. The van der Waals surface area contributed by atoms with Gasteiger partial charge in [-0.2, -0.15) is 0 Å². The Bertz CT molecular complexity index is 381. The first-order valence-electron chi connectivity index (χ1n) is 6.55. The van der Waals surface area contributed by atoms with Crippen molar-refractivity contribution >= 4 is 12.1 Å². The molecule has 2 fully saturated rings. The second kappa shape index (κ2) is 4.67. The molecule has 6 heteroatoms. The Morgan fingerprint density at radius 1 is 1.37 bits per heavy atom. The number of amides is 1. The van der Waals surface area contributed by atoms with E-state index in [4.69, 9.17) is 14.6 Å². The van der Waals surface area contributed by atoms with E-state index in [-0.39, 0.29) is 12.0 Å². The van der Waals surface area contributed by atoms with Gasteiger partial charge in [-0.1, -0.05) is 0 Å². The van der Waals surface area contributed by atoms with E-state index in [1.54, 1.807) is 4.90 Å². The van der Waals surface area contributed by atoms with Crippen LogP contribution in [0.2, 0.25) is 0 Å². The quantitative estimate of drug-likeness (QED) is 0.782. The van der Waals surface area contributed by atoms with E-state index < -0.39 is 17.2 Å². The second-order valence-electron chi connectivity index (χ2n) is 6.38. The van der Waals surface area contributed by atoms with E-state index in [0.717, 1.165) is 0 Å². The Morgan fingerprint density at radius 3 is 2.53 bits per heavy atom. The topological polar surface area (TPSA) is 76.1 Å². The van der Waals surface area contributed by atoms with Crippen molar-refractivity contribution in [2.45, 2.75) is 44.8 Å². The molecule has 1 saturated heterocycles. The summed E-state index contributed by atoms with van der Waals surface area (Å²) in [5.74, 6) is -1.14. The van der Waals surface area contributed by atoms with Crippen LogP contribution in [0.4, 0.5) is 4.79 Å². The fraction of sp³-hybridized carbons (Fsp3) is 0.846. The Balaban J connectivity index is 1.92. The molecular weight excluding hydrogens is 250 g/mol. The number of morpholine rings is 1. The Kier molecular flexibility index (Phi) is 3.47. The van der Waals surface area contributed by atoms with Crippen LogP contribution in [0.3, 0.4) is 0 Å². The lowest BCUT2D eigenvalue weighted by molar-refractivity contribution is -0.186. The van der Waals surface area contributed by atoms with Crippen LogP contribution in [0, 0.1) is 5.92 Å².